The van der Waals surface area contributed by atoms with Crippen molar-refractivity contribution in [3.63, 3.8) is 0 Å². The summed E-state index contributed by atoms with van der Waals surface area (Å²) in [5.41, 5.74) is 0.550. The molecule has 2 N–H and O–H groups in total. The Morgan fingerprint density at radius 3 is 1.85 bits per heavy atom. The summed E-state index contributed by atoms with van der Waals surface area (Å²) in [5, 5.41) is 13.0. The third kappa shape index (κ3) is 1.20. The molecule has 0 unspecified atom stereocenters. The first-order valence-corrected chi connectivity index (χ1v) is 6.13. The van der Waals surface area contributed by atoms with Gasteiger partial charge in [0, 0.05) is 0 Å². The predicted molar refractivity (Wildman–Crippen MR) is 69.4 cm³/mol. The smallest absolute Gasteiger partial charge is 0.246 e. The molecule has 0 amide bonds. The maximum Gasteiger partial charge on any atom is 0.348 e. The van der Waals surface area contributed by atoms with Crippen LogP contribution in [-0.2, 0) is 0 Å². The van der Waals surface area contributed by atoms with E-state index in [9.17, 15) is 9.59 Å². The first-order chi connectivity index (χ1) is 9.68. The average molecular weight is 270 g/mol. The largest absolute Gasteiger partial charge is 0.348 e. The van der Waals surface area contributed by atoms with Gasteiger partial charge < -0.3 is 0 Å². The maximum atomic E-state index is 12.0. The summed E-state index contributed by atoms with van der Waals surface area (Å²) in [7, 11) is 0. The fraction of sp³-hybridized carbons (Fsp3) is 0.167. The van der Waals surface area contributed by atoms with Gasteiger partial charge in [0.2, 0.25) is 0 Å². The number of benzene rings is 1. The van der Waals surface area contributed by atoms with Crippen molar-refractivity contribution in [1.29, 1.82) is 0 Å². The zero-order valence-electron chi connectivity index (χ0n) is 10.5. The minimum absolute atomic E-state index is 0.291. The Hall–Kier alpha value is -2.90. The fourth-order valence-electron chi connectivity index (χ4n) is 2.62. The molecule has 3 heterocycles. The predicted octanol–water partition coefficient (Wildman–Crippen LogP) is -0.100. The first-order valence-electron chi connectivity index (χ1n) is 6.13. The summed E-state index contributed by atoms with van der Waals surface area (Å²) < 4.78 is 2.96. The summed E-state index contributed by atoms with van der Waals surface area (Å²) in [6.07, 6.45) is 0. The van der Waals surface area contributed by atoms with Crippen LogP contribution in [0.25, 0.3) is 11.4 Å². The van der Waals surface area contributed by atoms with Crippen LogP contribution < -0.4 is 11.4 Å². The Labute approximate surface area is 111 Å². The highest BCUT2D eigenvalue weighted by atomic mass is 16.2. The molecule has 0 saturated carbocycles. The van der Waals surface area contributed by atoms with Crippen LogP contribution in [0.2, 0.25) is 0 Å². The molecule has 1 aliphatic rings. The second-order valence-corrected chi connectivity index (χ2v) is 4.66. The normalized spacial score (nSPS) is 13.4. The van der Waals surface area contributed by atoms with Crippen molar-refractivity contribution < 1.29 is 0 Å². The number of hydrogen-bond acceptors (Lipinski definition) is 4. The van der Waals surface area contributed by atoms with Gasteiger partial charge in [0.25, 0.3) is 0 Å². The number of rotatable bonds is 0. The molecule has 0 radical (unpaired) electrons. The van der Waals surface area contributed by atoms with Crippen LogP contribution in [0.4, 0.5) is 0 Å². The van der Waals surface area contributed by atoms with Gasteiger partial charge in [-0.3, -0.25) is 0 Å². The van der Waals surface area contributed by atoms with Crippen LogP contribution >= 0.6 is 0 Å². The number of hydrogen-bond donors (Lipinski definition) is 2. The highest BCUT2D eigenvalue weighted by Gasteiger charge is 2.29. The molecule has 0 aliphatic carbocycles. The summed E-state index contributed by atoms with van der Waals surface area (Å²) in [6.45, 7) is 1.85. The Bertz CT molecular complexity index is 853. The van der Waals surface area contributed by atoms with E-state index >= 15 is 0 Å². The first kappa shape index (κ1) is 11.0. The summed E-state index contributed by atoms with van der Waals surface area (Å²) in [6, 6.07) is 7.17. The average Bonchev–Trinajstić information content (AvgIpc) is 2.98. The van der Waals surface area contributed by atoms with Gasteiger partial charge in [-0.1, -0.05) is 12.1 Å². The monoisotopic (exact) mass is 270 g/mol. The van der Waals surface area contributed by atoms with Gasteiger partial charge in [0.05, 0.1) is 17.3 Å². The molecule has 4 rings (SSSR count). The molecule has 3 aromatic rings. The molecule has 2 aromatic heterocycles. The van der Waals surface area contributed by atoms with E-state index in [1.165, 1.54) is 9.13 Å². The SMILES string of the molecule is CC1c2n[nH]c(=O)n2-c2ccccc2-n2c1n[nH]c2=O. The van der Waals surface area contributed by atoms with Crippen molar-refractivity contribution in [2.24, 2.45) is 0 Å². The highest BCUT2D eigenvalue weighted by Crippen LogP contribution is 2.29. The van der Waals surface area contributed by atoms with Crippen molar-refractivity contribution in [2.45, 2.75) is 12.8 Å². The third-order valence-corrected chi connectivity index (χ3v) is 3.53. The van der Waals surface area contributed by atoms with Crippen molar-refractivity contribution in [3.05, 3.63) is 56.9 Å². The van der Waals surface area contributed by atoms with Gasteiger partial charge >= 0.3 is 11.4 Å². The van der Waals surface area contributed by atoms with Crippen LogP contribution in [0.1, 0.15) is 24.5 Å². The van der Waals surface area contributed by atoms with Crippen LogP contribution in [0.5, 0.6) is 0 Å². The lowest BCUT2D eigenvalue weighted by atomic mass is 10.1. The van der Waals surface area contributed by atoms with Gasteiger partial charge in [-0.25, -0.2) is 28.9 Å². The Kier molecular flexibility index (Phi) is 1.95. The van der Waals surface area contributed by atoms with E-state index < -0.39 is 0 Å². The number of nitrogens with one attached hydrogen (secondary N) is 2. The number of H-pyrrole nitrogens is 2. The summed E-state index contributed by atoms with van der Waals surface area (Å²) in [5.74, 6) is 0.765. The molecule has 100 valence electrons. The Balaban J connectivity index is 2.24. The van der Waals surface area contributed by atoms with Crippen LogP contribution in [0.3, 0.4) is 0 Å². The van der Waals surface area contributed by atoms with Crippen LogP contribution in [0.15, 0.2) is 33.9 Å². The van der Waals surface area contributed by atoms with E-state index in [4.69, 9.17) is 0 Å². The van der Waals surface area contributed by atoms with E-state index in [1.807, 2.05) is 19.1 Å². The molecule has 1 aliphatic heterocycles. The minimum Gasteiger partial charge on any atom is -0.246 e. The molecule has 0 fully saturated rings. The standard InChI is InChI=1S/C12H10N6O2/c1-6-9-13-15-11(19)17(9)7-4-2-3-5-8(7)18-10(6)14-16-12(18)20/h2-6H,1H3,(H,15,19)(H,16,20). The maximum absolute atomic E-state index is 12.0. The third-order valence-electron chi connectivity index (χ3n) is 3.53. The van der Waals surface area contributed by atoms with Crippen molar-refractivity contribution in [2.75, 3.05) is 0 Å². The lowest BCUT2D eigenvalue weighted by Gasteiger charge is -2.07. The molecule has 0 atom stereocenters. The summed E-state index contributed by atoms with van der Waals surface area (Å²) in [4.78, 5) is 24.0. The second kappa shape index (κ2) is 3.56. The molecule has 0 saturated heterocycles. The van der Waals surface area contributed by atoms with E-state index in [2.05, 4.69) is 20.4 Å². The molecular formula is C12H10N6O2. The van der Waals surface area contributed by atoms with Gasteiger partial charge in [-0.2, -0.15) is 10.2 Å². The van der Waals surface area contributed by atoms with Crippen molar-refractivity contribution in [3.8, 4) is 11.4 Å². The van der Waals surface area contributed by atoms with E-state index in [0.717, 1.165) is 0 Å². The zero-order valence-corrected chi connectivity index (χ0v) is 10.5. The Morgan fingerprint density at radius 1 is 0.950 bits per heavy atom. The Morgan fingerprint density at radius 2 is 1.40 bits per heavy atom. The topological polar surface area (TPSA) is 101 Å². The molecule has 8 heteroatoms. The zero-order chi connectivity index (χ0) is 13.9. The minimum atomic E-state index is -0.332. The summed E-state index contributed by atoms with van der Waals surface area (Å²) >= 11 is 0. The molecule has 20 heavy (non-hydrogen) atoms. The van der Waals surface area contributed by atoms with Gasteiger partial charge in [-0.05, 0) is 19.1 Å². The second-order valence-electron chi connectivity index (χ2n) is 4.66. The lowest BCUT2D eigenvalue weighted by molar-refractivity contribution is 0.726. The number of aromatic amines is 2. The molecular weight excluding hydrogens is 260 g/mol. The van der Waals surface area contributed by atoms with E-state index in [-0.39, 0.29) is 17.3 Å². The van der Waals surface area contributed by atoms with Gasteiger partial charge in [0.1, 0.15) is 11.6 Å². The quantitative estimate of drug-likeness (QED) is 0.595. The highest BCUT2D eigenvalue weighted by molar-refractivity contribution is 5.55. The molecule has 8 nitrogen and oxygen atoms in total. The van der Waals surface area contributed by atoms with E-state index in [1.54, 1.807) is 12.1 Å². The van der Waals surface area contributed by atoms with Crippen molar-refractivity contribution >= 4 is 0 Å². The van der Waals surface area contributed by atoms with Crippen LogP contribution in [0, 0.1) is 0 Å². The molecule has 0 spiro atoms. The van der Waals surface area contributed by atoms with Crippen LogP contribution in [-0.4, -0.2) is 29.5 Å². The number of para-hydroxylation sites is 2. The van der Waals surface area contributed by atoms with E-state index in [0.29, 0.717) is 23.0 Å². The van der Waals surface area contributed by atoms with Gasteiger partial charge in [0.15, 0.2) is 0 Å². The number of fused-ring (bicyclic) bond motifs is 5. The molecule has 0 bridgehead atoms. The number of aromatic nitrogens is 6. The molecule has 1 aromatic carbocycles. The van der Waals surface area contributed by atoms with Crippen molar-refractivity contribution in [1.82, 2.24) is 29.5 Å². The fourth-order valence-corrected chi connectivity index (χ4v) is 2.62. The number of nitrogens with zero attached hydrogens (tertiary/aromatic N) is 4. The lowest BCUT2D eigenvalue weighted by Crippen LogP contribution is -2.20. The van der Waals surface area contributed by atoms with Gasteiger partial charge in [-0.15, -0.1) is 0 Å².